The Balaban J connectivity index is 1.68. The molecule has 1 aliphatic carbocycles. The molecule has 2 aliphatic rings. The maximum absolute atomic E-state index is 13.7. The second-order valence-electron chi connectivity index (χ2n) is 7.57. The predicted octanol–water partition coefficient (Wildman–Crippen LogP) is 3.47. The zero-order chi connectivity index (χ0) is 20.2. The van der Waals surface area contributed by atoms with E-state index in [1.54, 1.807) is 10.6 Å². The molecule has 3 unspecified atom stereocenters. The van der Waals surface area contributed by atoms with Crippen LogP contribution in [0.2, 0.25) is 0 Å². The van der Waals surface area contributed by atoms with E-state index < -0.39 is 17.8 Å². The molecule has 0 aromatic carbocycles. The lowest BCUT2D eigenvalue weighted by atomic mass is 9.82. The van der Waals surface area contributed by atoms with Crippen molar-refractivity contribution in [2.45, 2.75) is 37.5 Å². The summed E-state index contributed by atoms with van der Waals surface area (Å²) in [6, 6.07) is 5.38. The molecule has 2 fully saturated rings. The molecule has 0 radical (unpaired) electrons. The van der Waals surface area contributed by atoms with Gasteiger partial charge in [0.15, 0.2) is 5.65 Å². The van der Waals surface area contributed by atoms with Gasteiger partial charge in [0, 0.05) is 36.5 Å². The topological polar surface area (TPSA) is 67.7 Å². The highest BCUT2D eigenvalue weighted by Crippen LogP contribution is 2.39. The molecule has 29 heavy (non-hydrogen) atoms. The monoisotopic (exact) mass is 406 g/mol. The number of imidazole rings is 1. The first-order valence-corrected chi connectivity index (χ1v) is 9.46. The standard InChI is InChI=1S/C19H18F4N6/c20-16-8-10(5-6-24-16)17-26-14-3-4-15(19(21,22)23)27-18(14)29(17)12-1-2-13-11(7-12)9-25-28-13/h3-6,8,11-13,25,28H,1-2,7,9H2. The smallest absolute Gasteiger partial charge is 0.306 e. The van der Waals surface area contributed by atoms with Crippen molar-refractivity contribution >= 4 is 11.2 Å². The fourth-order valence-corrected chi connectivity index (χ4v) is 4.43. The van der Waals surface area contributed by atoms with Crippen molar-refractivity contribution in [2.75, 3.05) is 6.54 Å². The second-order valence-corrected chi connectivity index (χ2v) is 7.57. The lowest BCUT2D eigenvalue weighted by Crippen LogP contribution is -2.36. The number of hydrogen-bond donors (Lipinski definition) is 2. The number of nitrogens with zero attached hydrogens (tertiary/aromatic N) is 4. The van der Waals surface area contributed by atoms with Crippen LogP contribution in [0.25, 0.3) is 22.6 Å². The van der Waals surface area contributed by atoms with Crippen LogP contribution in [0.3, 0.4) is 0 Å². The fraction of sp³-hybridized carbons (Fsp3) is 0.421. The maximum Gasteiger partial charge on any atom is 0.433 e. The molecule has 0 amide bonds. The molecule has 10 heteroatoms. The minimum atomic E-state index is -4.55. The summed E-state index contributed by atoms with van der Waals surface area (Å²) in [5.74, 6) is 0.104. The van der Waals surface area contributed by atoms with Gasteiger partial charge in [0.25, 0.3) is 0 Å². The normalized spacial score (nSPS) is 24.8. The molecule has 152 valence electrons. The third kappa shape index (κ3) is 3.25. The van der Waals surface area contributed by atoms with Crippen LogP contribution >= 0.6 is 0 Å². The Morgan fingerprint density at radius 2 is 1.97 bits per heavy atom. The van der Waals surface area contributed by atoms with Gasteiger partial charge < -0.3 is 4.57 Å². The number of pyridine rings is 2. The highest BCUT2D eigenvalue weighted by molar-refractivity contribution is 5.77. The van der Waals surface area contributed by atoms with Crippen LogP contribution in [-0.4, -0.2) is 32.1 Å². The molecular weight excluding hydrogens is 388 g/mol. The Labute approximate surface area is 163 Å². The van der Waals surface area contributed by atoms with Crippen molar-refractivity contribution < 1.29 is 17.6 Å². The summed E-state index contributed by atoms with van der Waals surface area (Å²) >= 11 is 0. The van der Waals surface area contributed by atoms with Crippen LogP contribution in [0, 0.1) is 11.9 Å². The first kappa shape index (κ1) is 18.4. The van der Waals surface area contributed by atoms with Gasteiger partial charge in [-0.15, -0.1) is 0 Å². The van der Waals surface area contributed by atoms with E-state index in [9.17, 15) is 17.6 Å². The highest BCUT2D eigenvalue weighted by Gasteiger charge is 2.37. The number of fused-ring (bicyclic) bond motifs is 2. The largest absolute Gasteiger partial charge is 0.433 e. The van der Waals surface area contributed by atoms with Crippen LogP contribution in [0.5, 0.6) is 0 Å². The fourth-order valence-electron chi connectivity index (χ4n) is 4.43. The average Bonchev–Trinajstić information content (AvgIpc) is 3.30. The SMILES string of the molecule is Fc1cc(-c2nc3ccc(C(F)(F)F)nc3n2C2CCC3NNCC3C2)ccn1. The summed E-state index contributed by atoms with van der Waals surface area (Å²) in [7, 11) is 0. The average molecular weight is 406 g/mol. The van der Waals surface area contributed by atoms with Crippen molar-refractivity contribution in [3.63, 3.8) is 0 Å². The van der Waals surface area contributed by atoms with Crippen LogP contribution < -0.4 is 10.9 Å². The first-order chi connectivity index (χ1) is 13.9. The molecular formula is C19H18F4N6. The minimum absolute atomic E-state index is 0.0786. The summed E-state index contributed by atoms with van der Waals surface area (Å²) in [4.78, 5) is 12.0. The molecule has 3 atom stereocenters. The second kappa shape index (κ2) is 6.74. The predicted molar refractivity (Wildman–Crippen MR) is 97.0 cm³/mol. The molecule has 0 bridgehead atoms. The summed E-state index contributed by atoms with van der Waals surface area (Å²) < 4.78 is 55.4. The minimum Gasteiger partial charge on any atom is -0.306 e. The number of alkyl halides is 3. The van der Waals surface area contributed by atoms with Gasteiger partial charge in [-0.1, -0.05) is 0 Å². The molecule has 4 heterocycles. The zero-order valence-electron chi connectivity index (χ0n) is 15.2. The Bertz CT molecular complexity index is 1060. The van der Waals surface area contributed by atoms with Crippen LogP contribution in [-0.2, 0) is 6.18 Å². The summed E-state index contributed by atoms with van der Waals surface area (Å²) in [5.41, 5.74) is 6.44. The number of aromatic nitrogens is 4. The van der Waals surface area contributed by atoms with Crippen molar-refractivity contribution in [1.82, 2.24) is 30.4 Å². The van der Waals surface area contributed by atoms with Crippen molar-refractivity contribution in [3.8, 4) is 11.4 Å². The summed E-state index contributed by atoms with van der Waals surface area (Å²) in [6.07, 6.45) is -0.812. The molecule has 2 N–H and O–H groups in total. The van der Waals surface area contributed by atoms with Gasteiger partial charge in [0.1, 0.15) is 17.0 Å². The Morgan fingerprint density at radius 1 is 1.10 bits per heavy atom. The number of hydrogen-bond acceptors (Lipinski definition) is 5. The number of rotatable bonds is 2. The summed E-state index contributed by atoms with van der Waals surface area (Å²) in [6.45, 7) is 0.800. The molecule has 3 aromatic rings. The molecule has 5 rings (SSSR count). The molecule has 3 aromatic heterocycles. The van der Waals surface area contributed by atoms with Gasteiger partial charge in [0.2, 0.25) is 5.95 Å². The van der Waals surface area contributed by atoms with Gasteiger partial charge in [0.05, 0.1) is 0 Å². The number of nitrogens with one attached hydrogen (secondary N) is 2. The van der Waals surface area contributed by atoms with E-state index in [4.69, 9.17) is 0 Å². The molecule has 1 aliphatic heterocycles. The van der Waals surface area contributed by atoms with Crippen molar-refractivity contribution in [1.29, 1.82) is 0 Å². The van der Waals surface area contributed by atoms with Gasteiger partial charge in [-0.2, -0.15) is 17.6 Å². The van der Waals surface area contributed by atoms with Gasteiger partial charge in [-0.05, 0) is 43.4 Å². The Hall–Kier alpha value is -2.59. The summed E-state index contributed by atoms with van der Waals surface area (Å²) in [5, 5.41) is 0. The van der Waals surface area contributed by atoms with Gasteiger partial charge >= 0.3 is 6.18 Å². The zero-order valence-corrected chi connectivity index (χ0v) is 15.2. The van der Waals surface area contributed by atoms with E-state index in [0.717, 1.165) is 31.9 Å². The van der Waals surface area contributed by atoms with E-state index in [1.807, 2.05) is 0 Å². The Morgan fingerprint density at radius 3 is 2.76 bits per heavy atom. The van der Waals surface area contributed by atoms with E-state index in [2.05, 4.69) is 25.8 Å². The van der Waals surface area contributed by atoms with Gasteiger partial charge in [-0.25, -0.2) is 15.0 Å². The van der Waals surface area contributed by atoms with E-state index in [1.165, 1.54) is 18.3 Å². The molecule has 0 spiro atoms. The van der Waals surface area contributed by atoms with Crippen molar-refractivity contribution in [3.05, 3.63) is 42.1 Å². The third-order valence-corrected chi connectivity index (χ3v) is 5.78. The molecule has 1 saturated carbocycles. The highest BCUT2D eigenvalue weighted by atomic mass is 19.4. The van der Waals surface area contributed by atoms with E-state index >= 15 is 0 Å². The van der Waals surface area contributed by atoms with E-state index in [0.29, 0.717) is 28.9 Å². The number of halogens is 4. The van der Waals surface area contributed by atoms with Crippen molar-refractivity contribution in [2.24, 2.45) is 5.92 Å². The van der Waals surface area contributed by atoms with Crippen LogP contribution in [0.1, 0.15) is 31.0 Å². The van der Waals surface area contributed by atoms with Crippen LogP contribution in [0.15, 0.2) is 30.5 Å². The quantitative estimate of drug-likeness (QED) is 0.504. The number of hydrazine groups is 1. The van der Waals surface area contributed by atoms with Gasteiger partial charge in [-0.3, -0.25) is 10.9 Å². The molecule has 6 nitrogen and oxygen atoms in total. The third-order valence-electron chi connectivity index (χ3n) is 5.78. The lowest BCUT2D eigenvalue weighted by molar-refractivity contribution is -0.141. The maximum atomic E-state index is 13.7. The van der Waals surface area contributed by atoms with E-state index in [-0.39, 0.29) is 11.7 Å². The first-order valence-electron chi connectivity index (χ1n) is 9.46. The molecule has 1 saturated heterocycles. The Kier molecular flexibility index (Phi) is 4.28. The lowest BCUT2D eigenvalue weighted by Gasteiger charge is -2.32. The van der Waals surface area contributed by atoms with Crippen LogP contribution in [0.4, 0.5) is 17.6 Å².